The fraction of sp³-hybridized carbons (Fsp3) is 0.933. The Morgan fingerprint density at radius 2 is 2.00 bits per heavy atom. The van der Waals surface area contributed by atoms with E-state index in [1.165, 1.54) is 51.7 Å². The molecule has 2 fully saturated rings. The van der Waals surface area contributed by atoms with Crippen LogP contribution in [0.4, 0.5) is 0 Å². The van der Waals surface area contributed by atoms with E-state index < -0.39 is 0 Å². The Balaban J connectivity index is 1.57. The van der Waals surface area contributed by atoms with Crippen LogP contribution in [0.5, 0.6) is 0 Å². The van der Waals surface area contributed by atoms with Gasteiger partial charge in [0, 0.05) is 18.5 Å². The molecule has 1 heterocycles. The molecule has 1 aliphatic carbocycles. The van der Waals surface area contributed by atoms with E-state index in [0.29, 0.717) is 12.0 Å². The molecule has 18 heavy (non-hydrogen) atoms. The number of nitrogens with one attached hydrogen (secondary N) is 1. The molecule has 0 aromatic heterocycles. The molecule has 3 heteroatoms. The first kappa shape index (κ1) is 13.8. The summed E-state index contributed by atoms with van der Waals surface area (Å²) in [5.74, 6) is 1.22. The van der Waals surface area contributed by atoms with Crippen molar-refractivity contribution in [2.24, 2.45) is 11.8 Å². The van der Waals surface area contributed by atoms with Crippen molar-refractivity contribution in [3.05, 3.63) is 0 Å². The Kier molecular flexibility index (Phi) is 5.46. The van der Waals surface area contributed by atoms with Crippen molar-refractivity contribution in [3.63, 3.8) is 0 Å². The average molecular weight is 249 g/mol. The smallest absolute Gasteiger partial charge is 0.0655 e. The summed E-state index contributed by atoms with van der Waals surface area (Å²) in [5.41, 5.74) is 0. The van der Waals surface area contributed by atoms with E-state index in [1.54, 1.807) is 0 Å². The van der Waals surface area contributed by atoms with Gasteiger partial charge < -0.3 is 10.2 Å². The van der Waals surface area contributed by atoms with Gasteiger partial charge in [-0.15, -0.1) is 0 Å². The summed E-state index contributed by atoms with van der Waals surface area (Å²) in [5, 5.41) is 12.6. The Hall–Kier alpha value is -0.590. The van der Waals surface area contributed by atoms with Crippen molar-refractivity contribution in [2.45, 2.75) is 51.0 Å². The normalized spacial score (nSPS) is 34.1. The molecule has 1 N–H and O–H groups in total. The molecule has 102 valence electrons. The van der Waals surface area contributed by atoms with Gasteiger partial charge in [-0.2, -0.15) is 5.26 Å². The summed E-state index contributed by atoms with van der Waals surface area (Å²) in [7, 11) is 2.24. The number of likely N-dealkylation sites (tertiary alicyclic amines) is 1. The zero-order chi connectivity index (χ0) is 12.8. The minimum Gasteiger partial charge on any atom is -0.314 e. The maximum atomic E-state index is 8.87. The van der Waals surface area contributed by atoms with Crippen LogP contribution < -0.4 is 5.32 Å². The predicted molar refractivity (Wildman–Crippen MR) is 74.2 cm³/mol. The fourth-order valence-corrected chi connectivity index (χ4v) is 3.43. The van der Waals surface area contributed by atoms with Gasteiger partial charge in [0.2, 0.25) is 0 Å². The summed E-state index contributed by atoms with van der Waals surface area (Å²) in [6, 6.07) is 3.08. The van der Waals surface area contributed by atoms with E-state index in [9.17, 15) is 0 Å². The largest absolute Gasteiger partial charge is 0.314 e. The molecular weight excluding hydrogens is 222 g/mol. The summed E-state index contributed by atoms with van der Waals surface area (Å²) < 4.78 is 0. The van der Waals surface area contributed by atoms with Gasteiger partial charge in [-0.05, 0) is 71.0 Å². The van der Waals surface area contributed by atoms with Crippen molar-refractivity contribution in [1.29, 1.82) is 5.26 Å². The molecule has 1 atom stereocenters. The van der Waals surface area contributed by atoms with Crippen LogP contribution in [0.1, 0.15) is 44.9 Å². The standard InChI is InChI=1S/C15H27N3/c1-18-10-2-3-14(12-18)8-9-17-15-6-4-13(11-16)5-7-15/h13-15,17H,2-10,12H2,1H3. The number of hydrogen-bond acceptors (Lipinski definition) is 3. The van der Waals surface area contributed by atoms with E-state index in [-0.39, 0.29) is 0 Å². The highest BCUT2D eigenvalue weighted by molar-refractivity contribution is 4.89. The first-order valence-electron chi connectivity index (χ1n) is 7.59. The number of nitriles is 1. The van der Waals surface area contributed by atoms with Crippen LogP contribution in [0.3, 0.4) is 0 Å². The summed E-state index contributed by atoms with van der Waals surface area (Å²) in [6.45, 7) is 3.73. The zero-order valence-electron chi connectivity index (χ0n) is 11.7. The highest BCUT2D eigenvalue weighted by Crippen LogP contribution is 2.24. The number of hydrogen-bond donors (Lipinski definition) is 1. The van der Waals surface area contributed by atoms with Crippen LogP contribution in [-0.2, 0) is 0 Å². The van der Waals surface area contributed by atoms with Crippen LogP contribution in [-0.4, -0.2) is 37.6 Å². The average Bonchev–Trinajstić information content (AvgIpc) is 2.40. The fourth-order valence-electron chi connectivity index (χ4n) is 3.43. The zero-order valence-corrected chi connectivity index (χ0v) is 11.7. The van der Waals surface area contributed by atoms with Gasteiger partial charge in [0.1, 0.15) is 0 Å². The lowest BCUT2D eigenvalue weighted by Crippen LogP contribution is -2.37. The van der Waals surface area contributed by atoms with E-state index in [2.05, 4.69) is 23.3 Å². The molecule has 0 aromatic carbocycles. The van der Waals surface area contributed by atoms with Crippen LogP contribution in [0.25, 0.3) is 0 Å². The molecule has 0 aromatic rings. The molecule has 0 spiro atoms. The maximum absolute atomic E-state index is 8.87. The lowest BCUT2D eigenvalue weighted by Gasteiger charge is -2.31. The van der Waals surface area contributed by atoms with Crippen molar-refractivity contribution < 1.29 is 0 Å². The third kappa shape index (κ3) is 4.26. The van der Waals surface area contributed by atoms with Crippen molar-refractivity contribution in [2.75, 3.05) is 26.7 Å². The second-order valence-electron chi connectivity index (χ2n) is 6.19. The molecule has 1 aliphatic heterocycles. The second kappa shape index (κ2) is 7.11. The Morgan fingerprint density at radius 1 is 1.22 bits per heavy atom. The molecule has 2 rings (SSSR count). The first-order valence-corrected chi connectivity index (χ1v) is 7.59. The highest BCUT2D eigenvalue weighted by atomic mass is 15.1. The van der Waals surface area contributed by atoms with E-state index in [4.69, 9.17) is 5.26 Å². The quantitative estimate of drug-likeness (QED) is 0.831. The molecular formula is C15H27N3. The van der Waals surface area contributed by atoms with Crippen LogP contribution in [0.2, 0.25) is 0 Å². The lowest BCUT2D eigenvalue weighted by atomic mass is 9.87. The predicted octanol–water partition coefficient (Wildman–Crippen LogP) is 2.39. The van der Waals surface area contributed by atoms with Gasteiger partial charge in [-0.3, -0.25) is 0 Å². The Morgan fingerprint density at radius 3 is 2.67 bits per heavy atom. The third-order valence-corrected chi connectivity index (χ3v) is 4.62. The number of rotatable bonds is 4. The Labute approximate surface area is 112 Å². The molecule has 0 amide bonds. The molecule has 0 radical (unpaired) electrons. The van der Waals surface area contributed by atoms with Gasteiger partial charge in [0.15, 0.2) is 0 Å². The lowest BCUT2D eigenvalue weighted by molar-refractivity contribution is 0.198. The second-order valence-corrected chi connectivity index (χ2v) is 6.19. The van der Waals surface area contributed by atoms with Gasteiger partial charge in [0.05, 0.1) is 6.07 Å². The van der Waals surface area contributed by atoms with Crippen LogP contribution >= 0.6 is 0 Å². The third-order valence-electron chi connectivity index (χ3n) is 4.62. The minimum atomic E-state index is 0.329. The highest BCUT2D eigenvalue weighted by Gasteiger charge is 2.21. The Bertz CT molecular complexity index is 276. The monoisotopic (exact) mass is 249 g/mol. The first-order chi connectivity index (χ1) is 8.78. The van der Waals surface area contributed by atoms with Gasteiger partial charge in [-0.1, -0.05) is 0 Å². The van der Waals surface area contributed by atoms with Crippen molar-refractivity contribution >= 4 is 0 Å². The molecule has 1 saturated heterocycles. The summed E-state index contributed by atoms with van der Waals surface area (Å²) in [4.78, 5) is 2.46. The maximum Gasteiger partial charge on any atom is 0.0655 e. The number of piperidine rings is 1. The van der Waals surface area contributed by atoms with E-state index in [0.717, 1.165) is 18.8 Å². The van der Waals surface area contributed by atoms with Gasteiger partial charge in [0.25, 0.3) is 0 Å². The number of nitrogens with zero attached hydrogens (tertiary/aromatic N) is 2. The van der Waals surface area contributed by atoms with Gasteiger partial charge in [-0.25, -0.2) is 0 Å². The topological polar surface area (TPSA) is 39.1 Å². The van der Waals surface area contributed by atoms with E-state index >= 15 is 0 Å². The molecule has 0 bridgehead atoms. The molecule has 1 unspecified atom stereocenters. The molecule has 3 nitrogen and oxygen atoms in total. The van der Waals surface area contributed by atoms with Crippen molar-refractivity contribution in [3.8, 4) is 6.07 Å². The SMILES string of the molecule is CN1CCCC(CCNC2CCC(C#N)CC2)C1. The van der Waals surface area contributed by atoms with Crippen LogP contribution in [0, 0.1) is 23.2 Å². The van der Waals surface area contributed by atoms with E-state index in [1.807, 2.05) is 0 Å². The minimum absolute atomic E-state index is 0.329. The van der Waals surface area contributed by atoms with Crippen LogP contribution in [0.15, 0.2) is 0 Å². The molecule has 2 aliphatic rings. The summed E-state index contributed by atoms with van der Waals surface area (Å²) >= 11 is 0. The summed E-state index contributed by atoms with van der Waals surface area (Å²) in [6.07, 6.45) is 8.69. The van der Waals surface area contributed by atoms with Gasteiger partial charge >= 0.3 is 0 Å². The molecule has 1 saturated carbocycles. The van der Waals surface area contributed by atoms with Crippen molar-refractivity contribution in [1.82, 2.24) is 10.2 Å².